The van der Waals surface area contributed by atoms with Crippen molar-refractivity contribution in [3.63, 3.8) is 0 Å². The number of thioether (sulfide) groups is 1. The summed E-state index contributed by atoms with van der Waals surface area (Å²) in [4.78, 5) is 38.1. The molecule has 2 heterocycles. The van der Waals surface area contributed by atoms with E-state index in [1.807, 2.05) is 18.2 Å². The molecule has 2 aromatic rings. The number of aliphatic hydroxyl groups excluding tert-OH is 1. The number of aromatic nitrogens is 2. The number of hydrogen-bond donors (Lipinski definition) is 4. The maximum absolute atomic E-state index is 12.4. The molecule has 180 valence electrons. The topological polar surface area (TPSA) is 166 Å². The lowest BCUT2D eigenvalue weighted by Crippen LogP contribution is -2.35. The number of carbonyl (C=O) groups is 1. The summed E-state index contributed by atoms with van der Waals surface area (Å²) in [6.45, 7) is 2.90. The second-order valence-corrected chi connectivity index (χ2v) is 10.6. The van der Waals surface area contributed by atoms with Crippen LogP contribution in [0.15, 0.2) is 47.4 Å². The van der Waals surface area contributed by atoms with E-state index in [9.17, 15) is 24.2 Å². The van der Waals surface area contributed by atoms with E-state index < -0.39 is 42.2 Å². The van der Waals surface area contributed by atoms with Crippen molar-refractivity contribution >= 4 is 31.3 Å². The van der Waals surface area contributed by atoms with Crippen molar-refractivity contribution in [2.24, 2.45) is 5.92 Å². The maximum atomic E-state index is 12.4. The molecule has 0 radical (unpaired) electrons. The van der Waals surface area contributed by atoms with Gasteiger partial charge < -0.3 is 20.5 Å². The van der Waals surface area contributed by atoms with Crippen LogP contribution in [-0.2, 0) is 25.2 Å². The van der Waals surface area contributed by atoms with Gasteiger partial charge in [-0.05, 0) is 18.6 Å². The van der Waals surface area contributed by atoms with Gasteiger partial charge in [0.1, 0.15) is 18.5 Å². The van der Waals surface area contributed by atoms with Crippen LogP contribution in [0.1, 0.15) is 24.8 Å². The molecule has 3 rings (SSSR count). The smallest absolute Gasteiger partial charge is 0.403 e. The Labute approximate surface area is 194 Å². The highest BCUT2D eigenvalue weighted by Crippen LogP contribution is 2.47. The first-order valence-electron chi connectivity index (χ1n) is 10.2. The lowest BCUT2D eigenvalue weighted by atomic mass is 10.0. The van der Waals surface area contributed by atoms with E-state index in [1.165, 1.54) is 35.5 Å². The summed E-state index contributed by atoms with van der Waals surface area (Å²) in [5, 5.41) is 11.8. The predicted octanol–water partition coefficient (Wildman–Crippen LogP) is 1.27. The summed E-state index contributed by atoms with van der Waals surface area (Å²) in [5.74, 6) is -0.975. The number of anilines is 1. The Morgan fingerprint density at radius 3 is 2.73 bits per heavy atom. The largest absolute Gasteiger partial charge is 0.460 e. The van der Waals surface area contributed by atoms with Gasteiger partial charge >= 0.3 is 19.4 Å². The van der Waals surface area contributed by atoms with E-state index in [-0.39, 0.29) is 24.9 Å². The molecule has 1 aromatic carbocycles. The zero-order chi connectivity index (χ0) is 24.2. The number of nitrogen functional groups attached to an aromatic ring is 1. The molecular formula is C20H27N4O7PS. The first-order valence-corrected chi connectivity index (χ1v) is 12.7. The minimum absolute atomic E-state index is 0.0336. The summed E-state index contributed by atoms with van der Waals surface area (Å²) >= 11 is 1.23. The molecular weight excluding hydrogens is 471 g/mol. The standard InChI is InChI=1S/C20H27N4O7PS/c1-12-17(25)15(33-18(12)24-9-8-16(21)22-20(24)27)11-31-32(28,29)23-13(2)19(26)30-10-14-6-4-3-5-7-14/h3-9,12-13,15,17-18,25H,10-11H2,1-2H3,(H2,21,22,27)(H2,23,28,29)/t12-,13-,15+,17-,18+/m0/s1. The predicted molar refractivity (Wildman–Crippen MR) is 123 cm³/mol. The van der Waals surface area contributed by atoms with Crippen molar-refractivity contribution in [3.8, 4) is 0 Å². The maximum Gasteiger partial charge on any atom is 0.403 e. The Bertz CT molecular complexity index is 1070. The number of hydrogen-bond acceptors (Lipinski definition) is 9. The molecule has 33 heavy (non-hydrogen) atoms. The van der Waals surface area contributed by atoms with Crippen LogP contribution < -0.4 is 16.5 Å². The zero-order valence-electron chi connectivity index (χ0n) is 18.1. The number of esters is 1. The van der Waals surface area contributed by atoms with E-state index in [2.05, 4.69) is 10.1 Å². The third kappa shape index (κ3) is 6.66. The SMILES string of the molecule is C[C@H]1[C@H](O)[C@@H](COP(=O)(O)N[C@@H](C)C(=O)OCc2ccccc2)S[C@H]1n1ccc(N)nc1=O. The molecule has 13 heteroatoms. The second-order valence-electron chi connectivity index (χ2n) is 7.72. The number of aliphatic hydroxyl groups is 1. The van der Waals surface area contributed by atoms with Crippen LogP contribution >= 0.6 is 19.5 Å². The number of carbonyl (C=O) groups excluding carboxylic acids is 1. The van der Waals surface area contributed by atoms with Crippen LogP contribution in [0.25, 0.3) is 0 Å². The van der Waals surface area contributed by atoms with Crippen molar-refractivity contribution in [2.75, 3.05) is 12.3 Å². The fourth-order valence-corrected chi connectivity index (χ4v) is 6.08. The Hall–Kier alpha value is -2.21. The van der Waals surface area contributed by atoms with Gasteiger partial charge in [0, 0.05) is 12.1 Å². The molecule has 1 unspecified atom stereocenters. The van der Waals surface area contributed by atoms with Gasteiger partial charge in [0.05, 0.1) is 23.3 Å². The Morgan fingerprint density at radius 1 is 1.36 bits per heavy atom. The van der Waals surface area contributed by atoms with E-state index in [0.717, 1.165) is 5.56 Å². The first kappa shape index (κ1) is 25.4. The number of ether oxygens (including phenoxy) is 1. The third-order valence-corrected chi connectivity index (χ3v) is 8.07. The molecule has 1 fully saturated rings. The van der Waals surface area contributed by atoms with Crippen LogP contribution in [0.5, 0.6) is 0 Å². The quantitative estimate of drug-likeness (QED) is 0.290. The first-order chi connectivity index (χ1) is 15.6. The molecule has 0 amide bonds. The molecule has 5 N–H and O–H groups in total. The van der Waals surface area contributed by atoms with Crippen LogP contribution in [0.4, 0.5) is 5.82 Å². The molecule has 0 aliphatic carbocycles. The number of nitrogens with zero attached hydrogens (tertiary/aromatic N) is 2. The summed E-state index contributed by atoms with van der Waals surface area (Å²) in [6, 6.07) is 9.41. The highest BCUT2D eigenvalue weighted by molar-refractivity contribution is 8.00. The Kier molecular flexibility index (Phi) is 8.33. The fourth-order valence-electron chi connectivity index (χ4n) is 3.33. The van der Waals surface area contributed by atoms with Crippen LogP contribution in [0.2, 0.25) is 0 Å². The van der Waals surface area contributed by atoms with Gasteiger partial charge in [-0.3, -0.25) is 13.9 Å². The molecule has 0 saturated carbocycles. The molecule has 1 aliphatic rings. The number of benzene rings is 1. The van der Waals surface area contributed by atoms with Gasteiger partial charge in [0.2, 0.25) is 0 Å². The van der Waals surface area contributed by atoms with Crippen molar-refractivity contribution in [2.45, 2.75) is 43.2 Å². The average molecular weight is 498 g/mol. The van der Waals surface area contributed by atoms with Crippen molar-refractivity contribution < 1.29 is 28.6 Å². The number of nitrogens with two attached hydrogens (primary N) is 1. The van der Waals surface area contributed by atoms with Gasteiger partial charge in [-0.2, -0.15) is 4.98 Å². The Balaban J connectivity index is 1.53. The summed E-state index contributed by atoms with van der Waals surface area (Å²) in [5.41, 5.74) is 5.76. The number of nitrogens with one attached hydrogen (secondary N) is 1. The molecule has 0 bridgehead atoms. The zero-order valence-corrected chi connectivity index (χ0v) is 19.8. The minimum atomic E-state index is -4.38. The van der Waals surface area contributed by atoms with Crippen LogP contribution in [-0.4, -0.2) is 49.5 Å². The molecule has 0 spiro atoms. The minimum Gasteiger partial charge on any atom is -0.460 e. The summed E-state index contributed by atoms with van der Waals surface area (Å²) < 4.78 is 24.1. The number of rotatable bonds is 9. The highest BCUT2D eigenvalue weighted by atomic mass is 32.2. The average Bonchev–Trinajstić information content (AvgIpc) is 3.05. The molecule has 1 aliphatic heterocycles. The lowest BCUT2D eigenvalue weighted by Gasteiger charge is -2.21. The fraction of sp³-hybridized carbons (Fsp3) is 0.450. The van der Waals surface area contributed by atoms with Crippen molar-refractivity contribution in [3.05, 3.63) is 58.6 Å². The third-order valence-electron chi connectivity index (χ3n) is 5.16. The van der Waals surface area contributed by atoms with E-state index in [1.54, 1.807) is 19.1 Å². The molecule has 1 saturated heterocycles. The molecule has 1 aromatic heterocycles. The highest BCUT2D eigenvalue weighted by Gasteiger charge is 2.43. The summed E-state index contributed by atoms with van der Waals surface area (Å²) in [6.07, 6.45) is 0.591. The van der Waals surface area contributed by atoms with Crippen LogP contribution in [0, 0.1) is 5.92 Å². The van der Waals surface area contributed by atoms with Gasteiger partial charge in [0.15, 0.2) is 0 Å². The Morgan fingerprint density at radius 2 is 2.06 bits per heavy atom. The van der Waals surface area contributed by atoms with E-state index >= 15 is 0 Å². The van der Waals surface area contributed by atoms with E-state index in [4.69, 9.17) is 15.0 Å². The van der Waals surface area contributed by atoms with Gasteiger partial charge in [0.25, 0.3) is 0 Å². The molecule has 6 atom stereocenters. The van der Waals surface area contributed by atoms with Crippen molar-refractivity contribution in [1.82, 2.24) is 14.6 Å². The second kappa shape index (κ2) is 10.8. The molecule has 11 nitrogen and oxygen atoms in total. The van der Waals surface area contributed by atoms with E-state index in [0.29, 0.717) is 0 Å². The van der Waals surface area contributed by atoms with Gasteiger partial charge in [-0.15, -0.1) is 11.8 Å². The van der Waals surface area contributed by atoms with Crippen LogP contribution in [0.3, 0.4) is 0 Å². The lowest BCUT2D eigenvalue weighted by molar-refractivity contribution is -0.146. The summed E-state index contributed by atoms with van der Waals surface area (Å²) in [7, 11) is -4.38. The monoisotopic (exact) mass is 498 g/mol. The van der Waals surface area contributed by atoms with Crippen molar-refractivity contribution in [1.29, 1.82) is 0 Å². The van der Waals surface area contributed by atoms with Gasteiger partial charge in [-0.25, -0.2) is 14.4 Å². The normalized spacial score (nSPS) is 25.3. The van der Waals surface area contributed by atoms with Gasteiger partial charge in [-0.1, -0.05) is 37.3 Å².